The number of phosphoric acid groups is 1. The van der Waals surface area contributed by atoms with Gasteiger partial charge in [-0.3, -0.25) is 4.52 Å². The summed E-state index contributed by atoms with van der Waals surface area (Å²) in [5.41, 5.74) is 0. The molecule has 0 aromatic heterocycles. The van der Waals surface area contributed by atoms with E-state index in [4.69, 9.17) is 17.4 Å². The van der Waals surface area contributed by atoms with Crippen LogP contribution in [0.5, 0.6) is 0 Å². The number of rotatable bonds is 9. The summed E-state index contributed by atoms with van der Waals surface area (Å²) >= 11 is 0. The van der Waals surface area contributed by atoms with Gasteiger partial charge in [-0.25, -0.2) is 4.57 Å². The molecule has 0 aliphatic heterocycles. The normalized spacial score (nSPS) is 16.1. The molecule has 0 aromatic rings. The van der Waals surface area contributed by atoms with Gasteiger partial charge in [-0.2, -0.15) is 0 Å². The van der Waals surface area contributed by atoms with E-state index >= 15 is 0 Å². The Labute approximate surface area is 133 Å². The maximum absolute atomic E-state index is 12.9. The standard InChI is InChI=1S/C12H33O5PSi3/c1-12(15-19(2,3)4)11-14-18(13,16-20(5,6)7)17-21(8,9)10/h12H,11H2,1-10H3. The molecule has 0 N–H and O–H groups in total. The highest BCUT2D eigenvalue weighted by molar-refractivity contribution is 7.52. The topological polar surface area (TPSA) is 54.0 Å². The minimum atomic E-state index is -3.52. The van der Waals surface area contributed by atoms with Crippen LogP contribution >= 0.6 is 7.82 Å². The van der Waals surface area contributed by atoms with Crippen molar-refractivity contribution in [2.75, 3.05) is 6.61 Å². The van der Waals surface area contributed by atoms with Gasteiger partial charge in [0.1, 0.15) is 0 Å². The molecule has 0 aromatic carbocycles. The van der Waals surface area contributed by atoms with Gasteiger partial charge in [0.05, 0.1) is 12.7 Å². The van der Waals surface area contributed by atoms with E-state index in [2.05, 4.69) is 19.6 Å². The summed E-state index contributed by atoms with van der Waals surface area (Å²) in [6.45, 7) is 20.3. The van der Waals surface area contributed by atoms with Crippen LogP contribution in [0.1, 0.15) is 6.92 Å². The lowest BCUT2D eigenvalue weighted by molar-refractivity contribution is 0.112. The molecule has 0 radical (unpaired) electrons. The summed E-state index contributed by atoms with van der Waals surface area (Å²) in [5, 5.41) is 0. The predicted octanol–water partition coefficient (Wildman–Crippen LogP) is 5.05. The van der Waals surface area contributed by atoms with Crippen molar-refractivity contribution in [3.8, 4) is 0 Å². The summed E-state index contributed by atoms with van der Waals surface area (Å²) < 4.78 is 35.8. The summed E-state index contributed by atoms with van der Waals surface area (Å²) in [6.07, 6.45) is -0.125. The molecule has 0 bridgehead atoms. The Kier molecular flexibility index (Phi) is 7.78. The second kappa shape index (κ2) is 7.53. The molecule has 0 rings (SSSR count). The van der Waals surface area contributed by atoms with Crippen molar-refractivity contribution in [3.05, 3.63) is 0 Å². The lowest BCUT2D eigenvalue weighted by atomic mass is 10.5. The van der Waals surface area contributed by atoms with E-state index < -0.39 is 32.8 Å². The number of hydrogen-bond donors (Lipinski definition) is 0. The second-order valence-electron chi connectivity index (χ2n) is 8.19. The smallest absolute Gasteiger partial charge is 0.413 e. The molecule has 128 valence electrons. The summed E-state index contributed by atoms with van der Waals surface area (Å²) in [4.78, 5) is 0. The Hall–Kier alpha value is 0.721. The quantitative estimate of drug-likeness (QED) is 0.418. The van der Waals surface area contributed by atoms with E-state index in [0.717, 1.165) is 0 Å². The zero-order valence-electron chi connectivity index (χ0n) is 15.3. The highest BCUT2D eigenvalue weighted by Gasteiger charge is 2.38. The molecule has 9 heteroatoms. The second-order valence-corrected chi connectivity index (χ2v) is 23.7. The van der Waals surface area contributed by atoms with Gasteiger partial charge in [-0.05, 0) is 65.8 Å². The minimum absolute atomic E-state index is 0.125. The first-order chi connectivity index (χ1) is 9.02. The average Bonchev–Trinajstić information content (AvgIpc) is 2.05. The molecule has 21 heavy (non-hydrogen) atoms. The SMILES string of the molecule is CC(COP(=O)(O[Si](C)(C)C)O[Si](C)(C)C)O[Si](C)(C)C. The lowest BCUT2D eigenvalue weighted by Crippen LogP contribution is -2.34. The Morgan fingerprint density at radius 2 is 1.19 bits per heavy atom. The van der Waals surface area contributed by atoms with Crippen molar-refractivity contribution >= 4 is 32.8 Å². The maximum Gasteiger partial charge on any atom is 0.455 e. The fourth-order valence-electron chi connectivity index (χ4n) is 1.58. The van der Waals surface area contributed by atoms with Gasteiger partial charge >= 0.3 is 7.82 Å². The van der Waals surface area contributed by atoms with Gasteiger partial charge in [0.2, 0.25) is 0 Å². The third-order valence-electron chi connectivity index (χ3n) is 1.79. The molecule has 5 nitrogen and oxygen atoms in total. The van der Waals surface area contributed by atoms with E-state index in [9.17, 15) is 4.57 Å². The van der Waals surface area contributed by atoms with Crippen molar-refractivity contribution < 1.29 is 21.9 Å². The Morgan fingerprint density at radius 3 is 1.48 bits per heavy atom. The van der Waals surface area contributed by atoms with E-state index in [0.29, 0.717) is 0 Å². The first kappa shape index (κ1) is 21.7. The Balaban J connectivity index is 4.81. The van der Waals surface area contributed by atoms with Crippen LogP contribution < -0.4 is 0 Å². The van der Waals surface area contributed by atoms with Gasteiger partial charge < -0.3 is 12.9 Å². The molecule has 0 saturated carbocycles. The van der Waals surface area contributed by atoms with Crippen molar-refractivity contribution in [1.82, 2.24) is 0 Å². The summed E-state index contributed by atoms with van der Waals surface area (Å²) in [6, 6.07) is 0. The van der Waals surface area contributed by atoms with Crippen molar-refractivity contribution in [1.29, 1.82) is 0 Å². The minimum Gasteiger partial charge on any atom is -0.413 e. The Bertz CT molecular complexity index is 351. The van der Waals surface area contributed by atoms with Gasteiger partial charge in [-0.1, -0.05) is 0 Å². The van der Waals surface area contributed by atoms with Crippen molar-refractivity contribution in [2.24, 2.45) is 0 Å². The lowest BCUT2D eigenvalue weighted by Gasteiger charge is -2.31. The van der Waals surface area contributed by atoms with Crippen LogP contribution in [0.2, 0.25) is 58.9 Å². The fraction of sp³-hybridized carbons (Fsp3) is 1.00. The molecule has 0 heterocycles. The first-order valence-electron chi connectivity index (χ1n) is 7.35. The molecular formula is C12H33O5PSi3. The molecular weight excluding hydrogens is 339 g/mol. The van der Waals surface area contributed by atoms with E-state index in [1.165, 1.54) is 0 Å². The highest BCUT2D eigenvalue weighted by Crippen LogP contribution is 2.54. The molecule has 0 saturated heterocycles. The monoisotopic (exact) mass is 372 g/mol. The van der Waals surface area contributed by atoms with Crippen LogP contribution in [0.3, 0.4) is 0 Å². The zero-order valence-corrected chi connectivity index (χ0v) is 19.2. The van der Waals surface area contributed by atoms with Gasteiger partial charge in [0.15, 0.2) is 25.0 Å². The third kappa shape index (κ3) is 12.9. The number of hydrogen-bond acceptors (Lipinski definition) is 5. The average molecular weight is 373 g/mol. The Morgan fingerprint density at radius 1 is 0.810 bits per heavy atom. The predicted molar refractivity (Wildman–Crippen MR) is 96.3 cm³/mol. The fourth-order valence-corrected chi connectivity index (χ4v) is 9.52. The van der Waals surface area contributed by atoms with Crippen LogP contribution in [0, 0.1) is 0 Å². The molecule has 1 atom stereocenters. The van der Waals surface area contributed by atoms with Crippen molar-refractivity contribution in [3.63, 3.8) is 0 Å². The zero-order chi connectivity index (χ0) is 17.1. The largest absolute Gasteiger partial charge is 0.455 e. The van der Waals surface area contributed by atoms with Crippen LogP contribution in [0.25, 0.3) is 0 Å². The molecule has 0 spiro atoms. The van der Waals surface area contributed by atoms with E-state index in [1.807, 2.05) is 46.2 Å². The van der Waals surface area contributed by atoms with E-state index in [1.54, 1.807) is 0 Å². The van der Waals surface area contributed by atoms with Crippen molar-refractivity contribution in [2.45, 2.75) is 72.0 Å². The first-order valence-corrected chi connectivity index (χ1v) is 19.0. The van der Waals surface area contributed by atoms with Crippen LogP contribution in [0.15, 0.2) is 0 Å². The van der Waals surface area contributed by atoms with Crippen LogP contribution in [-0.4, -0.2) is 37.7 Å². The van der Waals surface area contributed by atoms with Gasteiger partial charge in [-0.15, -0.1) is 0 Å². The van der Waals surface area contributed by atoms with Gasteiger partial charge in [0.25, 0.3) is 0 Å². The van der Waals surface area contributed by atoms with Crippen LogP contribution in [-0.2, 0) is 21.9 Å². The molecule has 0 aliphatic carbocycles. The highest BCUT2D eigenvalue weighted by atomic mass is 31.2. The molecule has 0 amide bonds. The molecule has 0 aliphatic rings. The summed E-state index contributed by atoms with van der Waals surface area (Å²) in [7, 11) is -9.24. The summed E-state index contributed by atoms with van der Waals surface area (Å²) in [5.74, 6) is 0. The molecule has 0 fully saturated rings. The van der Waals surface area contributed by atoms with Gasteiger partial charge in [0, 0.05) is 0 Å². The third-order valence-corrected chi connectivity index (χ3v) is 9.54. The maximum atomic E-state index is 12.9. The van der Waals surface area contributed by atoms with Crippen LogP contribution in [0.4, 0.5) is 0 Å². The molecule has 1 unspecified atom stereocenters. The van der Waals surface area contributed by atoms with E-state index in [-0.39, 0.29) is 12.7 Å².